The summed E-state index contributed by atoms with van der Waals surface area (Å²) >= 11 is 1.49. The maximum Gasteiger partial charge on any atom is 0.255 e. The van der Waals surface area contributed by atoms with Crippen molar-refractivity contribution in [3.05, 3.63) is 102 Å². The lowest BCUT2D eigenvalue weighted by atomic mass is 10.1. The first-order valence-corrected chi connectivity index (χ1v) is 11.3. The fourth-order valence-corrected chi connectivity index (χ4v) is 4.28. The van der Waals surface area contributed by atoms with Gasteiger partial charge in [0.1, 0.15) is 0 Å². The summed E-state index contributed by atoms with van der Waals surface area (Å²) in [6.07, 6.45) is 3.87. The number of hydrogen-bond donors (Lipinski definition) is 2. The maximum atomic E-state index is 12.3. The Morgan fingerprint density at radius 3 is 2.58 bits per heavy atom. The minimum absolute atomic E-state index is 0.132. The van der Waals surface area contributed by atoms with Crippen molar-refractivity contribution < 1.29 is 4.79 Å². The van der Waals surface area contributed by atoms with Crippen LogP contribution in [0.1, 0.15) is 15.9 Å². The van der Waals surface area contributed by atoms with Crippen molar-refractivity contribution in [1.82, 2.24) is 9.55 Å². The summed E-state index contributed by atoms with van der Waals surface area (Å²) in [6.45, 7) is 0. The highest BCUT2D eigenvalue weighted by atomic mass is 32.1. The zero-order chi connectivity index (χ0) is 22.6. The smallest absolute Gasteiger partial charge is 0.255 e. The Hall–Kier alpha value is -4.23. The third-order valence-electron chi connectivity index (χ3n) is 5.27. The molecule has 5 rings (SSSR count). The Bertz CT molecular complexity index is 1430. The average molecular weight is 452 g/mol. The predicted molar refractivity (Wildman–Crippen MR) is 136 cm³/mol. The number of aryl methyl sites for hydroxylation is 1. The minimum Gasteiger partial charge on any atom is -0.350 e. The van der Waals surface area contributed by atoms with E-state index >= 15 is 0 Å². The van der Waals surface area contributed by atoms with Crippen LogP contribution in [0.5, 0.6) is 0 Å². The van der Waals surface area contributed by atoms with Crippen molar-refractivity contribution in [2.24, 2.45) is 12.1 Å². The van der Waals surface area contributed by atoms with Gasteiger partial charge in [0.05, 0.1) is 11.9 Å². The van der Waals surface area contributed by atoms with Crippen LogP contribution in [0, 0.1) is 0 Å². The van der Waals surface area contributed by atoms with Crippen LogP contribution in [-0.4, -0.2) is 21.7 Å². The van der Waals surface area contributed by atoms with E-state index < -0.39 is 0 Å². The van der Waals surface area contributed by atoms with Gasteiger partial charge in [-0.15, -0.1) is 11.3 Å². The molecule has 2 aromatic heterocycles. The number of amides is 1. The first-order valence-electron chi connectivity index (χ1n) is 10.4. The van der Waals surface area contributed by atoms with E-state index in [0.717, 1.165) is 27.9 Å². The zero-order valence-electron chi connectivity index (χ0n) is 17.9. The number of thiazole rings is 1. The summed E-state index contributed by atoms with van der Waals surface area (Å²) in [5, 5.41) is 11.1. The summed E-state index contributed by atoms with van der Waals surface area (Å²) in [5.74, 6) is -0.132. The molecule has 0 saturated carbocycles. The summed E-state index contributed by atoms with van der Waals surface area (Å²) < 4.78 is 2.09. The highest BCUT2D eigenvalue weighted by Gasteiger charge is 2.08. The fourth-order valence-electron chi connectivity index (χ4n) is 3.61. The van der Waals surface area contributed by atoms with E-state index in [1.165, 1.54) is 16.9 Å². The van der Waals surface area contributed by atoms with Crippen LogP contribution >= 0.6 is 11.3 Å². The molecule has 3 aromatic carbocycles. The molecule has 0 bridgehead atoms. The van der Waals surface area contributed by atoms with E-state index in [2.05, 4.69) is 43.7 Å². The molecule has 162 valence electrons. The highest BCUT2D eigenvalue weighted by molar-refractivity contribution is 7.14. The summed E-state index contributed by atoms with van der Waals surface area (Å²) in [7, 11) is 2.03. The van der Waals surface area contributed by atoms with Crippen molar-refractivity contribution in [3.63, 3.8) is 0 Å². The number of para-hydroxylation sites is 1. The van der Waals surface area contributed by atoms with Crippen molar-refractivity contribution in [2.45, 2.75) is 0 Å². The van der Waals surface area contributed by atoms with Gasteiger partial charge in [-0.2, -0.15) is 5.10 Å². The molecule has 33 heavy (non-hydrogen) atoms. The van der Waals surface area contributed by atoms with Crippen molar-refractivity contribution in [3.8, 4) is 11.3 Å². The zero-order valence-corrected chi connectivity index (χ0v) is 18.7. The molecule has 7 heteroatoms. The Morgan fingerprint density at radius 1 is 1.00 bits per heavy atom. The van der Waals surface area contributed by atoms with E-state index in [9.17, 15) is 4.79 Å². The monoisotopic (exact) mass is 451 g/mol. The molecule has 0 aliphatic heterocycles. The van der Waals surface area contributed by atoms with Crippen molar-refractivity contribution >= 4 is 45.2 Å². The van der Waals surface area contributed by atoms with Crippen LogP contribution in [0.25, 0.3) is 22.2 Å². The number of carbonyl (C=O) groups is 1. The largest absolute Gasteiger partial charge is 0.350 e. The maximum absolute atomic E-state index is 12.3. The Morgan fingerprint density at radius 2 is 1.76 bits per heavy atom. The number of nitrogens with zero attached hydrogens (tertiary/aromatic N) is 3. The van der Waals surface area contributed by atoms with E-state index in [1.807, 2.05) is 73.2 Å². The fraction of sp³-hybridized carbons (Fsp3) is 0.0385. The number of hydrogen-bond acceptors (Lipinski definition) is 5. The third-order valence-corrected chi connectivity index (χ3v) is 6.02. The molecular weight excluding hydrogens is 430 g/mol. The van der Waals surface area contributed by atoms with Gasteiger partial charge < -0.3 is 9.88 Å². The van der Waals surface area contributed by atoms with Gasteiger partial charge in [-0.3, -0.25) is 10.2 Å². The number of anilines is 2. The normalized spacial score (nSPS) is 11.2. The Labute approximate surface area is 195 Å². The number of nitrogens with one attached hydrogen (secondary N) is 2. The number of benzene rings is 3. The number of hydrazone groups is 1. The van der Waals surface area contributed by atoms with Gasteiger partial charge in [-0.25, -0.2) is 4.98 Å². The third kappa shape index (κ3) is 4.53. The van der Waals surface area contributed by atoms with E-state index in [-0.39, 0.29) is 5.91 Å². The van der Waals surface area contributed by atoms with Gasteiger partial charge in [0.25, 0.3) is 5.91 Å². The molecule has 2 heterocycles. The van der Waals surface area contributed by atoms with E-state index in [4.69, 9.17) is 0 Å². The summed E-state index contributed by atoms with van der Waals surface area (Å²) in [6, 6.07) is 25.0. The molecule has 1 amide bonds. The lowest BCUT2D eigenvalue weighted by Gasteiger charge is -2.06. The molecule has 2 N–H and O–H groups in total. The second-order valence-corrected chi connectivity index (χ2v) is 8.38. The first kappa shape index (κ1) is 20.7. The molecular formula is C26H21N5OS. The molecule has 0 aliphatic carbocycles. The standard InChI is InChI=1S/C26H21N5OS/c1-31-16-20(22-9-5-6-10-24(22)31)15-27-30-26-29-23(17-33-26)18-11-13-21(14-12-18)28-25(32)19-7-3-2-4-8-19/h2-17H,1H3,(H,28,32)(H,29,30)/b27-15+. The molecule has 6 nitrogen and oxygen atoms in total. The Kier molecular flexibility index (Phi) is 5.70. The van der Waals surface area contributed by atoms with Crippen molar-refractivity contribution in [1.29, 1.82) is 0 Å². The van der Waals surface area contributed by atoms with Crippen LogP contribution in [0.3, 0.4) is 0 Å². The van der Waals surface area contributed by atoms with Gasteiger partial charge in [-0.05, 0) is 30.3 Å². The van der Waals surface area contributed by atoms with Gasteiger partial charge in [-0.1, -0.05) is 48.5 Å². The summed E-state index contributed by atoms with van der Waals surface area (Å²) in [4.78, 5) is 16.9. The molecule has 0 fully saturated rings. The number of carbonyl (C=O) groups excluding carboxylic acids is 1. The van der Waals surface area contributed by atoms with Crippen LogP contribution in [0.2, 0.25) is 0 Å². The van der Waals surface area contributed by atoms with Crippen LogP contribution < -0.4 is 10.7 Å². The first-order chi connectivity index (χ1) is 16.2. The SMILES string of the molecule is Cn1cc(/C=N/Nc2nc(-c3ccc(NC(=O)c4ccccc4)cc3)cs2)c2ccccc21. The van der Waals surface area contributed by atoms with Crippen molar-refractivity contribution in [2.75, 3.05) is 10.7 Å². The lowest BCUT2D eigenvalue weighted by molar-refractivity contribution is 0.102. The van der Waals surface area contributed by atoms with E-state index in [1.54, 1.807) is 12.1 Å². The molecule has 0 spiro atoms. The summed E-state index contributed by atoms with van der Waals surface area (Å²) in [5.41, 5.74) is 8.42. The predicted octanol–water partition coefficient (Wildman–Crippen LogP) is 6.00. The average Bonchev–Trinajstić information content (AvgIpc) is 3.45. The Balaban J connectivity index is 1.24. The molecule has 5 aromatic rings. The van der Waals surface area contributed by atoms with Gasteiger partial charge >= 0.3 is 0 Å². The topological polar surface area (TPSA) is 71.3 Å². The van der Waals surface area contributed by atoms with Gasteiger partial charge in [0, 0.05) is 51.9 Å². The quantitative estimate of drug-likeness (QED) is 0.246. The molecule has 0 saturated heterocycles. The second kappa shape index (κ2) is 9.10. The van der Waals surface area contributed by atoms with Gasteiger partial charge in [0.2, 0.25) is 5.13 Å². The number of aromatic nitrogens is 2. The molecule has 0 unspecified atom stereocenters. The van der Waals surface area contributed by atoms with Crippen LogP contribution in [-0.2, 0) is 7.05 Å². The molecule has 0 radical (unpaired) electrons. The number of rotatable bonds is 6. The van der Waals surface area contributed by atoms with Gasteiger partial charge in [0.15, 0.2) is 0 Å². The van der Waals surface area contributed by atoms with Crippen LogP contribution in [0.15, 0.2) is 95.5 Å². The van der Waals surface area contributed by atoms with E-state index in [0.29, 0.717) is 10.7 Å². The molecule has 0 aliphatic rings. The highest BCUT2D eigenvalue weighted by Crippen LogP contribution is 2.26. The second-order valence-electron chi connectivity index (χ2n) is 7.52. The number of fused-ring (bicyclic) bond motifs is 1. The molecule has 0 atom stereocenters. The minimum atomic E-state index is -0.132. The lowest BCUT2D eigenvalue weighted by Crippen LogP contribution is -2.11. The van der Waals surface area contributed by atoms with Crippen LogP contribution in [0.4, 0.5) is 10.8 Å².